The second-order valence-corrected chi connectivity index (χ2v) is 4.81. The maximum atomic E-state index is 12.7. The Morgan fingerprint density at radius 3 is 2.79 bits per heavy atom. The third kappa shape index (κ3) is 5.01. The number of ether oxygens (including phenoxy) is 1. The van der Waals surface area contributed by atoms with E-state index in [0.717, 1.165) is 19.3 Å². The van der Waals surface area contributed by atoms with Crippen molar-refractivity contribution >= 4 is 0 Å². The van der Waals surface area contributed by atoms with E-state index in [1.807, 2.05) is 0 Å². The highest BCUT2D eigenvalue weighted by molar-refractivity contribution is 5.22. The molecule has 0 fully saturated rings. The summed E-state index contributed by atoms with van der Waals surface area (Å²) >= 11 is 0. The molecular weight excluding hydrogens is 245 g/mol. The molecule has 1 aromatic rings. The summed E-state index contributed by atoms with van der Waals surface area (Å²) in [5, 5.41) is 13.1. The molecule has 2 N–H and O–H groups in total. The van der Waals surface area contributed by atoms with Crippen molar-refractivity contribution in [2.45, 2.75) is 31.4 Å². The minimum atomic E-state index is -0.559. The average molecular weight is 265 g/mol. The molecule has 2 unspecified atom stereocenters. The summed E-state index contributed by atoms with van der Waals surface area (Å²) in [4.78, 5) is 0. The van der Waals surface area contributed by atoms with Crippen LogP contribution in [0.3, 0.4) is 0 Å². The molecule has 0 heterocycles. The smallest absolute Gasteiger partial charge is 0.123 e. The molecular formula is C15H20FNO2. The first-order valence-corrected chi connectivity index (χ1v) is 6.69. The maximum absolute atomic E-state index is 12.7. The van der Waals surface area contributed by atoms with Crippen molar-refractivity contribution in [2.75, 3.05) is 13.2 Å². The standard InChI is InChI=1S/C15H20FNO2/c16-12-6-8-15(9-7-12)19-11-14(18)10-17-13-4-2-1-3-5-13/h1-2,6-9,13-14,17-18H,3-5,10-11H2. The third-order valence-corrected chi connectivity index (χ3v) is 3.17. The predicted octanol–water partition coefficient (Wildman–Crippen LogP) is 2.26. The van der Waals surface area contributed by atoms with Gasteiger partial charge in [-0.05, 0) is 43.5 Å². The number of rotatable bonds is 6. The molecule has 2 rings (SSSR count). The lowest BCUT2D eigenvalue weighted by atomic mass is 10.0. The maximum Gasteiger partial charge on any atom is 0.123 e. The van der Waals surface area contributed by atoms with Crippen LogP contribution in [0.5, 0.6) is 5.75 Å². The lowest BCUT2D eigenvalue weighted by Crippen LogP contribution is -2.38. The van der Waals surface area contributed by atoms with Gasteiger partial charge in [-0.1, -0.05) is 12.2 Å². The number of hydrogen-bond donors (Lipinski definition) is 2. The highest BCUT2D eigenvalue weighted by Gasteiger charge is 2.12. The Labute approximate surface area is 113 Å². The highest BCUT2D eigenvalue weighted by atomic mass is 19.1. The number of aliphatic hydroxyl groups is 1. The van der Waals surface area contributed by atoms with Crippen LogP contribution in [0.2, 0.25) is 0 Å². The molecule has 0 aliphatic heterocycles. The number of benzene rings is 1. The van der Waals surface area contributed by atoms with E-state index in [2.05, 4.69) is 17.5 Å². The zero-order valence-corrected chi connectivity index (χ0v) is 10.9. The predicted molar refractivity (Wildman–Crippen MR) is 72.7 cm³/mol. The van der Waals surface area contributed by atoms with Gasteiger partial charge in [0.2, 0.25) is 0 Å². The third-order valence-electron chi connectivity index (χ3n) is 3.17. The van der Waals surface area contributed by atoms with Crippen LogP contribution in [0.15, 0.2) is 36.4 Å². The molecule has 0 saturated heterocycles. The topological polar surface area (TPSA) is 41.5 Å². The molecule has 0 radical (unpaired) electrons. The molecule has 1 aliphatic carbocycles. The Kier molecular flexibility index (Phi) is 5.36. The Bertz CT molecular complexity index is 405. The zero-order chi connectivity index (χ0) is 13.5. The normalized spacial score (nSPS) is 20.2. The molecule has 104 valence electrons. The van der Waals surface area contributed by atoms with Gasteiger partial charge in [-0.2, -0.15) is 0 Å². The largest absolute Gasteiger partial charge is 0.491 e. The fraction of sp³-hybridized carbons (Fsp3) is 0.467. The quantitative estimate of drug-likeness (QED) is 0.775. The summed E-state index contributed by atoms with van der Waals surface area (Å²) in [6.45, 7) is 0.723. The van der Waals surface area contributed by atoms with Gasteiger partial charge in [-0.15, -0.1) is 0 Å². The fourth-order valence-corrected chi connectivity index (χ4v) is 2.06. The van der Waals surface area contributed by atoms with E-state index in [4.69, 9.17) is 4.74 Å². The van der Waals surface area contributed by atoms with Crippen molar-refractivity contribution in [3.63, 3.8) is 0 Å². The van der Waals surface area contributed by atoms with Crippen LogP contribution in [0.4, 0.5) is 4.39 Å². The fourth-order valence-electron chi connectivity index (χ4n) is 2.06. The van der Waals surface area contributed by atoms with Crippen LogP contribution in [0, 0.1) is 5.82 Å². The van der Waals surface area contributed by atoms with Crippen molar-refractivity contribution in [2.24, 2.45) is 0 Å². The second-order valence-electron chi connectivity index (χ2n) is 4.81. The summed E-state index contributed by atoms with van der Waals surface area (Å²) < 4.78 is 18.1. The monoisotopic (exact) mass is 265 g/mol. The van der Waals surface area contributed by atoms with Gasteiger partial charge in [-0.25, -0.2) is 4.39 Å². The van der Waals surface area contributed by atoms with E-state index in [1.165, 1.54) is 12.1 Å². The molecule has 1 aliphatic rings. The molecule has 0 aromatic heterocycles. The van der Waals surface area contributed by atoms with E-state index in [9.17, 15) is 9.50 Å². The Balaban J connectivity index is 1.65. The van der Waals surface area contributed by atoms with E-state index in [-0.39, 0.29) is 12.4 Å². The minimum absolute atomic E-state index is 0.210. The number of nitrogens with one attached hydrogen (secondary N) is 1. The number of allylic oxidation sites excluding steroid dienone is 1. The molecule has 2 atom stereocenters. The van der Waals surface area contributed by atoms with E-state index < -0.39 is 6.10 Å². The first-order chi connectivity index (χ1) is 9.24. The first kappa shape index (κ1) is 14.0. The first-order valence-electron chi connectivity index (χ1n) is 6.69. The van der Waals surface area contributed by atoms with E-state index in [1.54, 1.807) is 12.1 Å². The zero-order valence-electron chi connectivity index (χ0n) is 10.9. The molecule has 19 heavy (non-hydrogen) atoms. The lowest BCUT2D eigenvalue weighted by Gasteiger charge is -2.21. The van der Waals surface area contributed by atoms with Crippen molar-refractivity contribution < 1.29 is 14.2 Å². The second kappa shape index (κ2) is 7.26. The van der Waals surface area contributed by atoms with Gasteiger partial charge in [0.05, 0.1) is 0 Å². The van der Waals surface area contributed by atoms with E-state index >= 15 is 0 Å². The lowest BCUT2D eigenvalue weighted by molar-refractivity contribution is 0.103. The van der Waals surface area contributed by atoms with Gasteiger partial charge >= 0.3 is 0 Å². The van der Waals surface area contributed by atoms with Gasteiger partial charge in [0.1, 0.15) is 24.3 Å². The van der Waals surface area contributed by atoms with Gasteiger partial charge in [-0.3, -0.25) is 0 Å². The number of aliphatic hydroxyl groups excluding tert-OH is 1. The summed E-state index contributed by atoms with van der Waals surface area (Å²) in [6.07, 6.45) is 7.03. The van der Waals surface area contributed by atoms with E-state index in [0.29, 0.717) is 18.3 Å². The molecule has 3 nitrogen and oxygen atoms in total. The summed E-state index contributed by atoms with van der Waals surface area (Å²) in [7, 11) is 0. The van der Waals surface area contributed by atoms with Crippen LogP contribution < -0.4 is 10.1 Å². The molecule has 0 saturated carbocycles. The van der Waals surface area contributed by atoms with Gasteiger partial charge in [0.25, 0.3) is 0 Å². The summed E-state index contributed by atoms with van der Waals surface area (Å²) in [5.41, 5.74) is 0. The molecule has 0 amide bonds. The van der Waals surface area contributed by atoms with Crippen LogP contribution in [-0.4, -0.2) is 30.4 Å². The van der Waals surface area contributed by atoms with Crippen molar-refractivity contribution in [1.29, 1.82) is 0 Å². The summed E-state index contributed by atoms with van der Waals surface area (Å²) in [5.74, 6) is 0.279. The Morgan fingerprint density at radius 1 is 1.32 bits per heavy atom. The van der Waals surface area contributed by atoms with Crippen LogP contribution in [0.1, 0.15) is 19.3 Å². The van der Waals surface area contributed by atoms with Crippen molar-refractivity contribution in [3.05, 3.63) is 42.2 Å². The Hall–Kier alpha value is -1.39. The Morgan fingerprint density at radius 2 is 2.11 bits per heavy atom. The van der Waals surface area contributed by atoms with Crippen LogP contribution in [-0.2, 0) is 0 Å². The van der Waals surface area contributed by atoms with Crippen molar-refractivity contribution in [1.82, 2.24) is 5.32 Å². The molecule has 4 heteroatoms. The van der Waals surface area contributed by atoms with Crippen LogP contribution in [0.25, 0.3) is 0 Å². The highest BCUT2D eigenvalue weighted by Crippen LogP contribution is 2.12. The van der Waals surface area contributed by atoms with Gasteiger partial charge < -0.3 is 15.2 Å². The summed E-state index contributed by atoms with van der Waals surface area (Å²) in [6, 6.07) is 6.25. The van der Waals surface area contributed by atoms with Gasteiger partial charge in [0.15, 0.2) is 0 Å². The van der Waals surface area contributed by atoms with Gasteiger partial charge in [0, 0.05) is 12.6 Å². The minimum Gasteiger partial charge on any atom is -0.491 e. The molecule has 0 bridgehead atoms. The molecule has 1 aromatic carbocycles. The van der Waals surface area contributed by atoms with Crippen molar-refractivity contribution in [3.8, 4) is 5.75 Å². The van der Waals surface area contributed by atoms with Crippen LogP contribution >= 0.6 is 0 Å². The SMILES string of the molecule is OC(CNC1CC=CCC1)COc1ccc(F)cc1. The average Bonchev–Trinajstić information content (AvgIpc) is 2.45. The molecule has 0 spiro atoms. The number of hydrogen-bond acceptors (Lipinski definition) is 3. The number of halogens is 1.